The van der Waals surface area contributed by atoms with Crippen LogP contribution in [-0.4, -0.2) is 22.4 Å². The summed E-state index contributed by atoms with van der Waals surface area (Å²) in [6.07, 6.45) is 8.98. The first-order valence-electron chi connectivity index (χ1n) is 6.56. The number of hydrogen-bond donors (Lipinski definition) is 2. The van der Waals surface area contributed by atoms with E-state index in [0.29, 0.717) is 0 Å². The van der Waals surface area contributed by atoms with Crippen molar-refractivity contribution in [2.75, 3.05) is 0 Å². The van der Waals surface area contributed by atoms with Gasteiger partial charge >= 0.3 is 0 Å². The molecule has 0 rings (SSSR count). The van der Waals surface area contributed by atoms with E-state index in [1.807, 2.05) is 0 Å². The maximum atomic E-state index is 9.49. The lowest BCUT2D eigenvalue weighted by atomic mass is 10.0. The molecule has 2 N–H and O–H groups in total. The second-order valence-electron chi connectivity index (χ2n) is 4.52. The number of unbranched alkanes of at least 4 members (excludes halogenated alkanes) is 2. The summed E-state index contributed by atoms with van der Waals surface area (Å²) < 4.78 is 0. The van der Waals surface area contributed by atoms with Gasteiger partial charge < -0.3 is 10.2 Å². The summed E-state index contributed by atoms with van der Waals surface area (Å²) in [5, 5.41) is 19.0. The maximum absolute atomic E-state index is 9.49. The Balaban J connectivity index is 3.17. The highest BCUT2D eigenvalue weighted by molar-refractivity contribution is 4.58. The Morgan fingerprint density at radius 2 is 1.07 bits per heavy atom. The molecule has 0 aliphatic heterocycles. The molecule has 0 aromatic carbocycles. The van der Waals surface area contributed by atoms with E-state index < -0.39 is 0 Å². The summed E-state index contributed by atoms with van der Waals surface area (Å²) in [7, 11) is 0. The Hall–Kier alpha value is -0.0800. The normalized spacial score (nSPS) is 15.2. The van der Waals surface area contributed by atoms with Crippen LogP contribution in [0.1, 0.15) is 71.6 Å². The minimum atomic E-state index is -0.101. The quantitative estimate of drug-likeness (QED) is 0.550. The third kappa shape index (κ3) is 10.2. The Morgan fingerprint density at radius 3 is 1.40 bits per heavy atom. The van der Waals surface area contributed by atoms with Crippen LogP contribution < -0.4 is 0 Å². The third-order valence-corrected chi connectivity index (χ3v) is 2.82. The summed E-state index contributed by atoms with van der Waals surface area (Å²) in [5.41, 5.74) is 0. The van der Waals surface area contributed by atoms with E-state index in [2.05, 4.69) is 13.8 Å². The Labute approximate surface area is 94.7 Å². The van der Waals surface area contributed by atoms with Crippen molar-refractivity contribution in [1.29, 1.82) is 0 Å². The monoisotopic (exact) mass is 216 g/mol. The largest absolute Gasteiger partial charge is 0.393 e. The molecule has 2 atom stereocenters. The Bertz CT molecular complexity index is 112. The fraction of sp³-hybridized carbons (Fsp3) is 1.00. The van der Waals surface area contributed by atoms with E-state index >= 15 is 0 Å². The van der Waals surface area contributed by atoms with Gasteiger partial charge in [-0.25, -0.2) is 0 Å². The molecule has 2 heteroatoms. The number of hydrogen-bond acceptors (Lipinski definition) is 2. The predicted molar refractivity (Wildman–Crippen MR) is 64.9 cm³/mol. The standard InChI is InChI=1S/C13H28O2/c1-3-8-12(14)10-6-5-7-11-13(15)9-4-2/h12-15H,3-11H2,1-2H3/t12-,13+. The molecule has 0 radical (unpaired) electrons. The zero-order valence-corrected chi connectivity index (χ0v) is 10.4. The lowest BCUT2D eigenvalue weighted by molar-refractivity contribution is 0.141. The number of aliphatic hydroxyl groups is 2. The molecule has 0 unspecified atom stereocenters. The summed E-state index contributed by atoms with van der Waals surface area (Å²) >= 11 is 0. The van der Waals surface area contributed by atoms with Gasteiger partial charge in [0.25, 0.3) is 0 Å². The molecule has 0 aromatic rings. The highest BCUT2D eigenvalue weighted by Crippen LogP contribution is 2.12. The van der Waals surface area contributed by atoms with Crippen molar-refractivity contribution in [3.63, 3.8) is 0 Å². The van der Waals surface area contributed by atoms with Crippen LogP contribution in [0.15, 0.2) is 0 Å². The van der Waals surface area contributed by atoms with Crippen molar-refractivity contribution in [2.24, 2.45) is 0 Å². The van der Waals surface area contributed by atoms with Crippen LogP contribution in [0.4, 0.5) is 0 Å². The summed E-state index contributed by atoms with van der Waals surface area (Å²) in [6, 6.07) is 0. The number of aliphatic hydroxyl groups excluding tert-OH is 2. The molecule has 0 amide bonds. The average Bonchev–Trinajstić information content (AvgIpc) is 2.18. The van der Waals surface area contributed by atoms with E-state index in [9.17, 15) is 10.2 Å². The van der Waals surface area contributed by atoms with Crippen molar-refractivity contribution in [3.8, 4) is 0 Å². The molecule has 0 saturated heterocycles. The third-order valence-electron chi connectivity index (χ3n) is 2.82. The first-order chi connectivity index (χ1) is 7.20. The van der Waals surface area contributed by atoms with Crippen LogP contribution in [0.2, 0.25) is 0 Å². The fourth-order valence-corrected chi connectivity index (χ4v) is 1.89. The fourth-order valence-electron chi connectivity index (χ4n) is 1.89. The second-order valence-corrected chi connectivity index (χ2v) is 4.52. The molecule has 0 spiro atoms. The lowest BCUT2D eigenvalue weighted by Crippen LogP contribution is -2.07. The van der Waals surface area contributed by atoms with E-state index in [1.165, 1.54) is 0 Å². The molecule has 15 heavy (non-hydrogen) atoms. The molecule has 0 saturated carbocycles. The highest BCUT2D eigenvalue weighted by atomic mass is 16.3. The first-order valence-corrected chi connectivity index (χ1v) is 6.56. The SMILES string of the molecule is CCC[C@@H](O)CCCCC[C@@H](O)CCC. The highest BCUT2D eigenvalue weighted by Gasteiger charge is 2.04. The van der Waals surface area contributed by atoms with Gasteiger partial charge in [0.1, 0.15) is 0 Å². The molecule has 2 nitrogen and oxygen atoms in total. The van der Waals surface area contributed by atoms with Gasteiger partial charge in [0.2, 0.25) is 0 Å². The van der Waals surface area contributed by atoms with Crippen molar-refractivity contribution in [3.05, 3.63) is 0 Å². The van der Waals surface area contributed by atoms with Gasteiger partial charge in [-0.3, -0.25) is 0 Å². The summed E-state index contributed by atoms with van der Waals surface area (Å²) in [4.78, 5) is 0. The molecular weight excluding hydrogens is 188 g/mol. The zero-order valence-electron chi connectivity index (χ0n) is 10.4. The minimum Gasteiger partial charge on any atom is -0.393 e. The molecule has 0 aliphatic rings. The maximum Gasteiger partial charge on any atom is 0.0540 e. The average molecular weight is 216 g/mol. The summed E-state index contributed by atoms with van der Waals surface area (Å²) in [5.74, 6) is 0. The number of rotatable bonds is 10. The van der Waals surface area contributed by atoms with Crippen LogP contribution in [0.25, 0.3) is 0 Å². The Kier molecular flexibility index (Phi) is 10.4. The van der Waals surface area contributed by atoms with Crippen molar-refractivity contribution >= 4 is 0 Å². The van der Waals surface area contributed by atoms with Crippen molar-refractivity contribution in [1.82, 2.24) is 0 Å². The van der Waals surface area contributed by atoms with Gasteiger partial charge in [0, 0.05) is 0 Å². The van der Waals surface area contributed by atoms with E-state index in [-0.39, 0.29) is 12.2 Å². The molecular formula is C13H28O2. The predicted octanol–water partition coefficient (Wildman–Crippen LogP) is 3.26. The van der Waals surface area contributed by atoms with Gasteiger partial charge in [0.05, 0.1) is 12.2 Å². The van der Waals surface area contributed by atoms with Crippen LogP contribution in [-0.2, 0) is 0 Å². The van der Waals surface area contributed by atoms with Gasteiger partial charge in [-0.1, -0.05) is 46.0 Å². The van der Waals surface area contributed by atoms with Crippen LogP contribution in [0.5, 0.6) is 0 Å². The molecule has 0 aromatic heterocycles. The smallest absolute Gasteiger partial charge is 0.0540 e. The lowest BCUT2D eigenvalue weighted by Gasteiger charge is -2.10. The van der Waals surface area contributed by atoms with Crippen molar-refractivity contribution < 1.29 is 10.2 Å². The molecule has 92 valence electrons. The van der Waals surface area contributed by atoms with Gasteiger partial charge in [-0.2, -0.15) is 0 Å². The molecule has 0 aliphatic carbocycles. The van der Waals surface area contributed by atoms with Gasteiger partial charge in [-0.05, 0) is 25.7 Å². The van der Waals surface area contributed by atoms with Gasteiger partial charge in [-0.15, -0.1) is 0 Å². The van der Waals surface area contributed by atoms with Crippen molar-refractivity contribution in [2.45, 2.75) is 83.8 Å². The molecule has 0 fully saturated rings. The van der Waals surface area contributed by atoms with Crippen LogP contribution in [0, 0.1) is 0 Å². The molecule has 0 heterocycles. The second kappa shape index (κ2) is 10.4. The minimum absolute atomic E-state index is 0.101. The summed E-state index contributed by atoms with van der Waals surface area (Å²) in [6.45, 7) is 4.20. The Morgan fingerprint density at radius 1 is 0.667 bits per heavy atom. The van der Waals surface area contributed by atoms with Crippen LogP contribution in [0.3, 0.4) is 0 Å². The first kappa shape index (κ1) is 14.9. The molecule has 0 bridgehead atoms. The van der Waals surface area contributed by atoms with Gasteiger partial charge in [0.15, 0.2) is 0 Å². The van der Waals surface area contributed by atoms with E-state index in [0.717, 1.165) is 57.8 Å². The van der Waals surface area contributed by atoms with E-state index in [4.69, 9.17) is 0 Å². The zero-order chi connectivity index (χ0) is 11.5. The van der Waals surface area contributed by atoms with Crippen LogP contribution >= 0.6 is 0 Å². The topological polar surface area (TPSA) is 40.5 Å². The van der Waals surface area contributed by atoms with E-state index in [1.54, 1.807) is 0 Å².